The van der Waals surface area contributed by atoms with Crippen molar-refractivity contribution in [2.45, 2.75) is 25.2 Å². The molecule has 0 aromatic heterocycles. The first-order chi connectivity index (χ1) is 7.77. The summed E-state index contributed by atoms with van der Waals surface area (Å²) in [6, 6.07) is 2.24. The number of alkyl halides is 3. The average molecular weight is 249 g/mol. The molecular formula is C11H14F3NO2. The molecule has 0 spiro atoms. The van der Waals surface area contributed by atoms with Crippen LogP contribution in [0.1, 0.15) is 24.2 Å². The fraction of sp³-hybridized carbons (Fsp3) is 0.455. The first kappa shape index (κ1) is 13.8. The first-order valence-electron chi connectivity index (χ1n) is 4.96. The summed E-state index contributed by atoms with van der Waals surface area (Å²) >= 11 is 0. The van der Waals surface area contributed by atoms with Crippen molar-refractivity contribution in [2.75, 3.05) is 7.11 Å². The van der Waals surface area contributed by atoms with Crippen LogP contribution in [0, 0.1) is 0 Å². The van der Waals surface area contributed by atoms with Gasteiger partial charge in [-0.3, -0.25) is 0 Å². The van der Waals surface area contributed by atoms with E-state index < -0.39 is 23.9 Å². The van der Waals surface area contributed by atoms with Crippen LogP contribution in [0.15, 0.2) is 18.2 Å². The monoisotopic (exact) mass is 249 g/mol. The fourth-order valence-corrected chi connectivity index (χ4v) is 1.43. The number of hydrogen-bond donors (Lipinski definition) is 2. The summed E-state index contributed by atoms with van der Waals surface area (Å²) in [5.41, 5.74) is 4.66. The van der Waals surface area contributed by atoms with Gasteiger partial charge < -0.3 is 15.6 Å². The summed E-state index contributed by atoms with van der Waals surface area (Å²) in [7, 11) is 1.32. The second-order valence-corrected chi connectivity index (χ2v) is 3.76. The number of aliphatic hydroxyl groups is 1. The molecule has 17 heavy (non-hydrogen) atoms. The smallest absolute Gasteiger partial charge is 0.416 e. The first-order valence-corrected chi connectivity index (χ1v) is 4.96. The molecular weight excluding hydrogens is 235 g/mol. The summed E-state index contributed by atoms with van der Waals surface area (Å²) in [5.74, 6) is 0.183. The molecule has 0 aliphatic rings. The van der Waals surface area contributed by atoms with E-state index in [0.717, 1.165) is 12.1 Å². The molecule has 0 aliphatic carbocycles. The van der Waals surface area contributed by atoms with Crippen molar-refractivity contribution < 1.29 is 23.0 Å². The van der Waals surface area contributed by atoms with Crippen molar-refractivity contribution in [3.05, 3.63) is 29.3 Å². The Balaban J connectivity index is 3.25. The Morgan fingerprint density at radius 3 is 2.35 bits per heavy atom. The van der Waals surface area contributed by atoms with E-state index in [-0.39, 0.29) is 11.3 Å². The van der Waals surface area contributed by atoms with Gasteiger partial charge in [0.05, 0.1) is 18.8 Å². The van der Waals surface area contributed by atoms with Gasteiger partial charge in [0.25, 0.3) is 0 Å². The maximum absolute atomic E-state index is 12.5. The molecule has 0 saturated heterocycles. The van der Waals surface area contributed by atoms with Gasteiger partial charge in [0.2, 0.25) is 0 Å². The number of methoxy groups -OCH3 is 1. The summed E-state index contributed by atoms with van der Waals surface area (Å²) < 4.78 is 42.4. The molecule has 0 aliphatic heterocycles. The Morgan fingerprint density at radius 1 is 1.35 bits per heavy atom. The largest absolute Gasteiger partial charge is 0.496 e. The van der Waals surface area contributed by atoms with E-state index in [1.807, 2.05) is 0 Å². The van der Waals surface area contributed by atoms with Crippen LogP contribution >= 0.6 is 0 Å². The number of aliphatic hydroxyl groups excluding tert-OH is 1. The zero-order chi connectivity index (χ0) is 13.2. The third kappa shape index (κ3) is 3.10. The van der Waals surface area contributed by atoms with E-state index in [2.05, 4.69) is 0 Å². The van der Waals surface area contributed by atoms with Gasteiger partial charge in [0.15, 0.2) is 0 Å². The summed E-state index contributed by atoms with van der Waals surface area (Å²) in [5, 5.41) is 9.73. The van der Waals surface area contributed by atoms with Crippen LogP contribution in [-0.2, 0) is 6.18 Å². The number of nitrogens with two attached hydrogens (primary N) is 1. The molecule has 96 valence electrons. The van der Waals surface area contributed by atoms with Crippen molar-refractivity contribution in [3.63, 3.8) is 0 Å². The minimum absolute atomic E-state index is 0.0392. The number of benzene rings is 1. The molecule has 3 N–H and O–H groups in total. The number of hydrogen-bond acceptors (Lipinski definition) is 3. The molecule has 1 aromatic carbocycles. The number of rotatable bonds is 3. The molecule has 2 atom stereocenters. The lowest BCUT2D eigenvalue weighted by atomic mass is 10.0. The van der Waals surface area contributed by atoms with Crippen LogP contribution in [-0.4, -0.2) is 18.3 Å². The Hall–Kier alpha value is -1.27. The summed E-state index contributed by atoms with van der Waals surface area (Å²) in [6.45, 7) is 1.50. The second kappa shape index (κ2) is 4.93. The maximum Gasteiger partial charge on any atom is 0.416 e. The third-order valence-corrected chi connectivity index (χ3v) is 2.37. The highest BCUT2D eigenvalue weighted by molar-refractivity contribution is 5.40. The zero-order valence-electron chi connectivity index (χ0n) is 9.45. The normalized spacial score (nSPS) is 15.5. The molecule has 0 heterocycles. The third-order valence-electron chi connectivity index (χ3n) is 2.37. The van der Waals surface area contributed by atoms with Crippen LogP contribution in [0.3, 0.4) is 0 Å². The maximum atomic E-state index is 12.5. The van der Waals surface area contributed by atoms with E-state index in [0.29, 0.717) is 0 Å². The molecule has 0 unspecified atom stereocenters. The summed E-state index contributed by atoms with van der Waals surface area (Å²) in [6.07, 6.45) is -5.66. The SMILES string of the molecule is COc1ccc(C(F)(F)F)cc1[C@@H](O)[C@H](C)N. The van der Waals surface area contributed by atoms with E-state index in [1.54, 1.807) is 0 Å². The highest BCUT2D eigenvalue weighted by atomic mass is 19.4. The second-order valence-electron chi connectivity index (χ2n) is 3.76. The Kier molecular flexibility index (Phi) is 4.00. The predicted octanol–water partition coefficient (Wildman–Crippen LogP) is 2.09. The molecule has 0 fully saturated rings. The van der Waals surface area contributed by atoms with Gasteiger partial charge >= 0.3 is 6.18 Å². The van der Waals surface area contributed by atoms with Crippen molar-refractivity contribution in [1.82, 2.24) is 0 Å². The average Bonchev–Trinajstić information content (AvgIpc) is 2.25. The predicted molar refractivity (Wildman–Crippen MR) is 56.6 cm³/mol. The van der Waals surface area contributed by atoms with Crippen LogP contribution < -0.4 is 10.5 Å². The van der Waals surface area contributed by atoms with Gasteiger partial charge in [-0.05, 0) is 25.1 Å². The van der Waals surface area contributed by atoms with Crippen LogP contribution in [0.4, 0.5) is 13.2 Å². The fourth-order valence-electron chi connectivity index (χ4n) is 1.43. The summed E-state index contributed by atoms with van der Waals surface area (Å²) in [4.78, 5) is 0. The topological polar surface area (TPSA) is 55.5 Å². The van der Waals surface area contributed by atoms with Crippen molar-refractivity contribution in [1.29, 1.82) is 0 Å². The van der Waals surface area contributed by atoms with Gasteiger partial charge in [-0.25, -0.2) is 0 Å². The van der Waals surface area contributed by atoms with Crippen molar-refractivity contribution in [2.24, 2.45) is 5.73 Å². The lowest BCUT2D eigenvalue weighted by Crippen LogP contribution is -2.25. The molecule has 0 bridgehead atoms. The number of halogens is 3. The standard InChI is InChI=1S/C11H14F3NO2/c1-6(15)10(16)8-5-7(11(12,13)14)3-4-9(8)17-2/h3-6,10,16H,15H2,1-2H3/t6-,10-/m0/s1. The molecule has 1 rings (SSSR count). The molecule has 6 heteroatoms. The van der Waals surface area contributed by atoms with Gasteiger partial charge in [-0.2, -0.15) is 13.2 Å². The van der Waals surface area contributed by atoms with Gasteiger partial charge in [-0.15, -0.1) is 0 Å². The van der Waals surface area contributed by atoms with Crippen molar-refractivity contribution >= 4 is 0 Å². The lowest BCUT2D eigenvalue weighted by Gasteiger charge is -2.19. The van der Waals surface area contributed by atoms with Gasteiger partial charge in [0, 0.05) is 11.6 Å². The minimum Gasteiger partial charge on any atom is -0.496 e. The van der Waals surface area contributed by atoms with Gasteiger partial charge in [-0.1, -0.05) is 0 Å². The van der Waals surface area contributed by atoms with E-state index in [9.17, 15) is 18.3 Å². The van der Waals surface area contributed by atoms with Crippen LogP contribution in [0.25, 0.3) is 0 Å². The quantitative estimate of drug-likeness (QED) is 0.862. The Labute approximate surface area is 97.0 Å². The molecule has 0 radical (unpaired) electrons. The molecule has 3 nitrogen and oxygen atoms in total. The van der Waals surface area contributed by atoms with Crippen molar-refractivity contribution in [3.8, 4) is 5.75 Å². The van der Waals surface area contributed by atoms with Gasteiger partial charge in [0.1, 0.15) is 5.75 Å². The van der Waals surface area contributed by atoms with E-state index >= 15 is 0 Å². The highest BCUT2D eigenvalue weighted by Gasteiger charge is 2.32. The zero-order valence-corrected chi connectivity index (χ0v) is 9.45. The molecule has 0 saturated carbocycles. The Morgan fingerprint density at radius 2 is 1.94 bits per heavy atom. The highest BCUT2D eigenvalue weighted by Crippen LogP contribution is 2.35. The van der Waals surface area contributed by atoms with Crippen LogP contribution in [0.5, 0.6) is 5.75 Å². The van der Waals surface area contributed by atoms with Crippen LogP contribution in [0.2, 0.25) is 0 Å². The molecule has 1 aromatic rings. The molecule has 0 amide bonds. The Bertz CT molecular complexity index is 391. The number of ether oxygens (including phenoxy) is 1. The van der Waals surface area contributed by atoms with E-state index in [1.165, 1.54) is 20.1 Å². The van der Waals surface area contributed by atoms with E-state index in [4.69, 9.17) is 10.5 Å². The minimum atomic E-state index is -4.46. The lowest BCUT2D eigenvalue weighted by molar-refractivity contribution is -0.137.